The van der Waals surface area contributed by atoms with Crippen LogP contribution >= 0.6 is 15.9 Å². The largest absolute Gasteiger partial charge is 0.465 e. The lowest BCUT2D eigenvalue weighted by Crippen LogP contribution is -2.45. The molecule has 0 bridgehead atoms. The minimum absolute atomic E-state index is 0.0919. The molecule has 8 nitrogen and oxygen atoms in total. The number of hydrogen-bond acceptors (Lipinski definition) is 5. The molecule has 0 spiro atoms. The van der Waals surface area contributed by atoms with Crippen molar-refractivity contribution < 1.29 is 24.2 Å². The first-order chi connectivity index (χ1) is 12.1. The number of halogens is 1. The van der Waals surface area contributed by atoms with Gasteiger partial charge in [0.15, 0.2) is 0 Å². The van der Waals surface area contributed by atoms with Crippen molar-refractivity contribution in [1.29, 1.82) is 0 Å². The fourth-order valence-electron chi connectivity index (χ4n) is 2.35. The van der Waals surface area contributed by atoms with E-state index in [0.29, 0.717) is 17.6 Å². The van der Waals surface area contributed by atoms with Gasteiger partial charge in [-0.05, 0) is 55.3 Å². The molecule has 0 saturated carbocycles. The van der Waals surface area contributed by atoms with Crippen LogP contribution in [0.3, 0.4) is 0 Å². The SMILES string of the molecule is CC(C)(C)OC(=O)N(C(=O)C1=CCCN(C(=O)O)C1)c1cccnc1Br. The molecule has 2 heterocycles. The van der Waals surface area contributed by atoms with E-state index in [1.54, 1.807) is 39.0 Å². The Labute approximate surface area is 159 Å². The van der Waals surface area contributed by atoms with Crippen molar-refractivity contribution in [2.75, 3.05) is 18.0 Å². The molecule has 1 aliphatic heterocycles. The summed E-state index contributed by atoms with van der Waals surface area (Å²) in [5.74, 6) is -0.640. The summed E-state index contributed by atoms with van der Waals surface area (Å²) in [4.78, 5) is 43.0. The van der Waals surface area contributed by atoms with Crippen molar-refractivity contribution in [3.05, 3.63) is 34.6 Å². The van der Waals surface area contributed by atoms with Crippen LogP contribution in [0.25, 0.3) is 0 Å². The number of carboxylic acid groups (broad SMARTS) is 1. The molecule has 1 aromatic rings. The first-order valence-corrected chi connectivity index (χ1v) is 8.74. The van der Waals surface area contributed by atoms with Gasteiger partial charge in [-0.3, -0.25) is 4.79 Å². The van der Waals surface area contributed by atoms with Gasteiger partial charge in [0.1, 0.15) is 10.2 Å². The highest BCUT2D eigenvalue weighted by atomic mass is 79.9. The highest BCUT2D eigenvalue weighted by molar-refractivity contribution is 9.10. The van der Waals surface area contributed by atoms with Crippen molar-refractivity contribution in [2.24, 2.45) is 0 Å². The van der Waals surface area contributed by atoms with Crippen LogP contribution in [0.15, 0.2) is 34.6 Å². The van der Waals surface area contributed by atoms with Crippen molar-refractivity contribution in [3.63, 3.8) is 0 Å². The van der Waals surface area contributed by atoms with Crippen LogP contribution in [0.2, 0.25) is 0 Å². The fraction of sp³-hybridized carbons (Fsp3) is 0.412. The van der Waals surface area contributed by atoms with Gasteiger partial charge >= 0.3 is 12.2 Å². The minimum atomic E-state index is -1.12. The average Bonchev–Trinajstić information content (AvgIpc) is 2.55. The Balaban J connectivity index is 2.39. The van der Waals surface area contributed by atoms with Gasteiger partial charge in [-0.2, -0.15) is 0 Å². The predicted molar refractivity (Wildman–Crippen MR) is 98.0 cm³/mol. The van der Waals surface area contributed by atoms with Crippen molar-refractivity contribution in [2.45, 2.75) is 32.8 Å². The number of aromatic nitrogens is 1. The van der Waals surface area contributed by atoms with Crippen molar-refractivity contribution >= 4 is 39.7 Å². The molecule has 0 fully saturated rings. The van der Waals surface area contributed by atoms with Crippen molar-refractivity contribution in [1.82, 2.24) is 9.88 Å². The van der Waals surface area contributed by atoms with Crippen LogP contribution in [0.1, 0.15) is 27.2 Å². The van der Waals surface area contributed by atoms with E-state index in [2.05, 4.69) is 20.9 Å². The first-order valence-electron chi connectivity index (χ1n) is 7.95. The highest BCUT2D eigenvalue weighted by Gasteiger charge is 2.34. The van der Waals surface area contributed by atoms with Crippen LogP contribution in [0.5, 0.6) is 0 Å². The Morgan fingerprint density at radius 2 is 2.04 bits per heavy atom. The van der Waals surface area contributed by atoms with E-state index in [0.717, 1.165) is 9.80 Å². The lowest BCUT2D eigenvalue weighted by atomic mass is 10.1. The van der Waals surface area contributed by atoms with Crippen LogP contribution < -0.4 is 4.90 Å². The molecule has 0 unspecified atom stereocenters. The number of carbonyl (C=O) groups is 3. The molecule has 3 amide bonds. The minimum Gasteiger partial charge on any atom is -0.465 e. The first kappa shape index (κ1) is 19.9. The predicted octanol–water partition coefficient (Wildman–Crippen LogP) is 3.42. The van der Waals surface area contributed by atoms with Crippen LogP contribution in [0.4, 0.5) is 15.3 Å². The number of hydrogen-bond donors (Lipinski definition) is 1. The van der Waals surface area contributed by atoms with Crippen LogP contribution in [-0.2, 0) is 9.53 Å². The second-order valence-electron chi connectivity index (χ2n) is 6.66. The maximum Gasteiger partial charge on any atom is 0.422 e. The maximum atomic E-state index is 13.0. The van der Waals surface area contributed by atoms with E-state index in [-0.39, 0.29) is 17.8 Å². The van der Waals surface area contributed by atoms with Gasteiger partial charge in [-0.25, -0.2) is 19.5 Å². The monoisotopic (exact) mass is 425 g/mol. The second-order valence-corrected chi connectivity index (χ2v) is 7.41. The van der Waals surface area contributed by atoms with Gasteiger partial charge < -0.3 is 14.7 Å². The molecule has 0 radical (unpaired) electrons. The van der Waals surface area contributed by atoms with Gasteiger partial charge in [0, 0.05) is 18.3 Å². The number of nitrogens with zero attached hydrogens (tertiary/aromatic N) is 3. The Hall–Kier alpha value is -2.42. The average molecular weight is 426 g/mol. The molecule has 0 aliphatic carbocycles. The molecular formula is C17H20BrN3O5. The molecule has 0 aromatic carbocycles. The summed E-state index contributed by atoms with van der Waals surface area (Å²) >= 11 is 3.24. The van der Waals surface area contributed by atoms with Gasteiger partial charge in [0.25, 0.3) is 5.91 Å². The molecule has 26 heavy (non-hydrogen) atoms. The number of rotatable bonds is 2. The summed E-state index contributed by atoms with van der Waals surface area (Å²) in [7, 11) is 0. The lowest BCUT2D eigenvalue weighted by molar-refractivity contribution is -0.115. The Morgan fingerprint density at radius 1 is 1.35 bits per heavy atom. The summed E-state index contributed by atoms with van der Waals surface area (Å²) in [6.45, 7) is 5.29. The standard InChI is InChI=1S/C17H20BrN3O5/c1-17(2,3)26-16(25)21(12-7-4-8-19-13(12)18)14(22)11-6-5-9-20(10-11)15(23)24/h4,6-8H,5,9-10H2,1-3H3,(H,23,24). The van der Waals surface area contributed by atoms with E-state index in [1.165, 1.54) is 6.20 Å². The quantitative estimate of drug-likeness (QED) is 0.728. The van der Waals surface area contributed by atoms with E-state index in [4.69, 9.17) is 9.84 Å². The summed E-state index contributed by atoms with van der Waals surface area (Å²) in [5, 5.41) is 9.16. The van der Waals surface area contributed by atoms with E-state index >= 15 is 0 Å². The lowest BCUT2D eigenvalue weighted by Gasteiger charge is -2.29. The second kappa shape index (κ2) is 7.86. The third kappa shape index (κ3) is 4.81. The Morgan fingerprint density at radius 3 is 2.62 bits per heavy atom. The topological polar surface area (TPSA) is 100 Å². The molecule has 0 atom stereocenters. The zero-order valence-corrected chi connectivity index (χ0v) is 16.3. The number of anilines is 1. The normalized spacial score (nSPS) is 14.5. The molecule has 1 N–H and O–H groups in total. The zero-order chi connectivity index (χ0) is 19.5. The smallest absolute Gasteiger partial charge is 0.422 e. The van der Waals surface area contributed by atoms with Gasteiger partial charge in [0.2, 0.25) is 0 Å². The molecule has 2 rings (SSSR count). The van der Waals surface area contributed by atoms with Crippen molar-refractivity contribution in [3.8, 4) is 0 Å². The van der Waals surface area contributed by atoms with Gasteiger partial charge in [0.05, 0.1) is 12.2 Å². The summed E-state index contributed by atoms with van der Waals surface area (Å²) in [5.41, 5.74) is -0.376. The van der Waals surface area contributed by atoms with E-state index < -0.39 is 23.7 Å². The molecule has 1 aromatic heterocycles. The molecule has 0 saturated heterocycles. The Kier molecular flexibility index (Phi) is 6.01. The third-order valence-corrected chi connectivity index (χ3v) is 4.07. The highest BCUT2D eigenvalue weighted by Crippen LogP contribution is 2.27. The van der Waals surface area contributed by atoms with Gasteiger partial charge in [-0.1, -0.05) is 6.08 Å². The summed E-state index contributed by atoms with van der Waals surface area (Å²) in [6, 6.07) is 3.14. The van der Waals surface area contributed by atoms with Gasteiger partial charge in [-0.15, -0.1) is 0 Å². The third-order valence-electron chi connectivity index (χ3n) is 3.46. The number of carbonyl (C=O) groups excluding carboxylic acids is 2. The number of ether oxygens (including phenoxy) is 1. The van der Waals surface area contributed by atoms with E-state index in [1.807, 2.05) is 0 Å². The fourth-order valence-corrected chi connectivity index (χ4v) is 2.78. The molecular weight excluding hydrogens is 406 g/mol. The summed E-state index contributed by atoms with van der Waals surface area (Å²) in [6.07, 6.45) is 1.57. The molecule has 140 valence electrons. The molecule has 9 heteroatoms. The number of amides is 3. The van der Waals surface area contributed by atoms with Crippen LogP contribution in [0, 0.1) is 0 Å². The number of imide groups is 1. The maximum absolute atomic E-state index is 13.0. The molecule has 1 aliphatic rings. The number of pyridine rings is 1. The zero-order valence-electron chi connectivity index (χ0n) is 14.7. The summed E-state index contributed by atoms with van der Waals surface area (Å²) < 4.78 is 5.65. The van der Waals surface area contributed by atoms with E-state index in [9.17, 15) is 14.4 Å². The van der Waals surface area contributed by atoms with Crippen LogP contribution in [-0.4, -0.2) is 51.8 Å². The Bertz CT molecular complexity index is 757.